The fourth-order valence-corrected chi connectivity index (χ4v) is 4.43. The van der Waals surface area contributed by atoms with E-state index in [1.165, 1.54) is 16.0 Å². The Morgan fingerprint density at radius 2 is 1.83 bits per heavy atom. The third-order valence-electron chi connectivity index (χ3n) is 6.03. The first kappa shape index (κ1) is 20.2. The molecule has 1 atom stereocenters. The molecule has 1 saturated heterocycles. The summed E-state index contributed by atoms with van der Waals surface area (Å²) < 4.78 is 5.60. The van der Waals surface area contributed by atoms with Crippen LogP contribution < -0.4 is 19.9 Å². The molecule has 2 aromatic carbocycles. The number of carbonyl (C=O) groups is 1. The van der Waals surface area contributed by atoms with Crippen LogP contribution in [-0.4, -0.2) is 45.2 Å². The van der Waals surface area contributed by atoms with Crippen molar-refractivity contribution in [3.05, 3.63) is 64.2 Å². The minimum atomic E-state index is -0.00475. The smallest absolute Gasteiger partial charge is 0.275 e. The van der Waals surface area contributed by atoms with Crippen molar-refractivity contribution in [1.29, 1.82) is 0 Å². The number of hydrogen-bond donors (Lipinski definition) is 3. The van der Waals surface area contributed by atoms with E-state index in [9.17, 15) is 4.79 Å². The molecule has 3 N–H and O–H groups in total. The lowest BCUT2D eigenvalue weighted by atomic mass is 10.1. The van der Waals surface area contributed by atoms with Gasteiger partial charge in [-0.15, -0.1) is 0 Å². The van der Waals surface area contributed by atoms with Crippen molar-refractivity contribution in [2.45, 2.75) is 25.9 Å². The first-order chi connectivity index (χ1) is 14.1. The molecular formula is C23H30ClN3O2+2. The van der Waals surface area contributed by atoms with E-state index in [0.29, 0.717) is 11.6 Å². The summed E-state index contributed by atoms with van der Waals surface area (Å²) in [5.41, 5.74) is 3.81. The number of halogens is 1. The maximum atomic E-state index is 12.5. The highest BCUT2D eigenvalue weighted by Crippen LogP contribution is 2.25. The standard InChI is InChI=1S/C23H28ClN3O2/c1-17(19-3-5-21(24)6-4-19)25-23(28)16-27-11-9-26(10-12-27)15-18-2-7-22-20(14-18)8-13-29-22/h2-7,14,17H,8-13,15-16H2,1H3,(H,25,28)/p+2/t17-/m1/s1. The Bertz CT molecular complexity index is 848. The number of quaternary nitrogens is 2. The second-order valence-corrected chi connectivity index (χ2v) is 8.67. The van der Waals surface area contributed by atoms with Crippen LogP contribution in [0.4, 0.5) is 0 Å². The molecule has 0 aromatic heterocycles. The number of amides is 1. The molecule has 2 aromatic rings. The zero-order valence-corrected chi connectivity index (χ0v) is 17.7. The van der Waals surface area contributed by atoms with Crippen LogP contribution in [0.15, 0.2) is 42.5 Å². The molecule has 1 fully saturated rings. The van der Waals surface area contributed by atoms with Gasteiger partial charge in [-0.1, -0.05) is 23.7 Å². The van der Waals surface area contributed by atoms with Gasteiger partial charge in [0.2, 0.25) is 0 Å². The quantitative estimate of drug-likeness (QED) is 0.641. The van der Waals surface area contributed by atoms with Crippen LogP contribution >= 0.6 is 11.6 Å². The molecule has 0 unspecified atom stereocenters. The lowest BCUT2D eigenvalue weighted by Gasteiger charge is -2.29. The summed E-state index contributed by atoms with van der Waals surface area (Å²) in [6, 6.07) is 14.3. The number of rotatable bonds is 6. The summed E-state index contributed by atoms with van der Waals surface area (Å²) in [5, 5.41) is 3.83. The fraction of sp³-hybridized carbons (Fsp3) is 0.435. The van der Waals surface area contributed by atoms with Crippen molar-refractivity contribution in [2.24, 2.45) is 0 Å². The molecule has 2 heterocycles. The van der Waals surface area contributed by atoms with E-state index in [2.05, 4.69) is 23.5 Å². The van der Waals surface area contributed by atoms with Crippen molar-refractivity contribution in [3.63, 3.8) is 0 Å². The monoisotopic (exact) mass is 415 g/mol. The number of benzene rings is 2. The summed E-state index contributed by atoms with van der Waals surface area (Å²) in [5.74, 6) is 1.17. The molecule has 0 saturated carbocycles. The summed E-state index contributed by atoms with van der Waals surface area (Å²) in [7, 11) is 0. The van der Waals surface area contributed by atoms with E-state index in [0.717, 1.165) is 57.1 Å². The molecule has 4 rings (SSSR count). The predicted molar refractivity (Wildman–Crippen MR) is 114 cm³/mol. The van der Waals surface area contributed by atoms with E-state index in [4.69, 9.17) is 16.3 Å². The topological polar surface area (TPSA) is 47.2 Å². The summed E-state index contributed by atoms with van der Waals surface area (Å²) >= 11 is 5.94. The number of nitrogens with one attached hydrogen (secondary N) is 3. The molecule has 2 aliphatic heterocycles. The Morgan fingerprint density at radius 3 is 2.59 bits per heavy atom. The molecule has 0 bridgehead atoms. The van der Waals surface area contributed by atoms with Gasteiger partial charge in [0.25, 0.3) is 5.91 Å². The Labute approximate surface area is 177 Å². The van der Waals surface area contributed by atoms with E-state index in [1.54, 1.807) is 4.90 Å². The summed E-state index contributed by atoms with van der Waals surface area (Å²) in [6.45, 7) is 8.69. The second-order valence-electron chi connectivity index (χ2n) is 8.23. The number of fused-ring (bicyclic) bond motifs is 1. The minimum absolute atomic E-state index is 0.00475. The van der Waals surface area contributed by atoms with Gasteiger partial charge in [0.05, 0.1) is 12.6 Å². The third kappa shape index (κ3) is 5.30. The number of hydrogen-bond acceptors (Lipinski definition) is 2. The largest absolute Gasteiger partial charge is 0.493 e. The molecule has 0 spiro atoms. The molecule has 6 heteroatoms. The molecule has 154 valence electrons. The van der Waals surface area contributed by atoms with Gasteiger partial charge >= 0.3 is 0 Å². The predicted octanol–water partition coefficient (Wildman–Crippen LogP) is 0.436. The van der Waals surface area contributed by atoms with Gasteiger partial charge in [-0.25, -0.2) is 0 Å². The van der Waals surface area contributed by atoms with Crippen LogP contribution in [0.25, 0.3) is 0 Å². The Hall–Kier alpha value is -2.08. The second kappa shape index (κ2) is 9.16. The van der Waals surface area contributed by atoms with Crippen molar-refractivity contribution >= 4 is 17.5 Å². The fourth-order valence-electron chi connectivity index (χ4n) is 4.30. The Kier molecular flexibility index (Phi) is 6.38. The third-order valence-corrected chi connectivity index (χ3v) is 6.28. The number of piperazine rings is 1. The van der Waals surface area contributed by atoms with Gasteiger partial charge in [0, 0.05) is 17.0 Å². The maximum Gasteiger partial charge on any atom is 0.275 e. The van der Waals surface area contributed by atoms with Gasteiger partial charge in [0.15, 0.2) is 6.54 Å². The van der Waals surface area contributed by atoms with Gasteiger partial charge in [-0.2, -0.15) is 0 Å². The van der Waals surface area contributed by atoms with Crippen molar-refractivity contribution in [1.82, 2.24) is 5.32 Å². The molecule has 0 aliphatic carbocycles. The number of ether oxygens (including phenoxy) is 1. The highest BCUT2D eigenvalue weighted by molar-refractivity contribution is 6.30. The van der Waals surface area contributed by atoms with Crippen LogP contribution in [0.2, 0.25) is 5.02 Å². The van der Waals surface area contributed by atoms with Crippen LogP contribution in [0, 0.1) is 0 Å². The van der Waals surface area contributed by atoms with Crippen LogP contribution in [0.1, 0.15) is 29.7 Å². The van der Waals surface area contributed by atoms with E-state index in [1.807, 2.05) is 31.2 Å². The molecular weight excluding hydrogens is 386 g/mol. The van der Waals surface area contributed by atoms with E-state index in [-0.39, 0.29) is 11.9 Å². The summed E-state index contributed by atoms with van der Waals surface area (Å²) in [6.07, 6.45) is 1.03. The van der Waals surface area contributed by atoms with Crippen LogP contribution in [0.5, 0.6) is 5.75 Å². The maximum absolute atomic E-state index is 12.5. The molecule has 0 radical (unpaired) electrons. The molecule has 2 aliphatic rings. The van der Waals surface area contributed by atoms with Gasteiger partial charge in [-0.3, -0.25) is 4.79 Å². The van der Waals surface area contributed by atoms with Crippen molar-refractivity contribution in [3.8, 4) is 5.75 Å². The van der Waals surface area contributed by atoms with Crippen molar-refractivity contribution < 1.29 is 19.3 Å². The first-order valence-corrected chi connectivity index (χ1v) is 10.9. The highest BCUT2D eigenvalue weighted by Gasteiger charge is 2.26. The summed E-state index contributed by atoms with van der Waals surface area (Å²) in [4.78, 5) is 15.4. The molecule has 5 nitrogen and oxygen atoms in total. The normalized spacial score (nSPS) is 21.9. The minimum Gasteiger partial charge on any atom is -0.493 e. The SMILES string of the molecule is C[C@@H](NC(=O)C[NH+]1CC[NH+](Cc2ccc3c(c2)CCO3)CC1)c1ccc(Cl)cc1. The lowest BCUT2D eigenvalue weighted by Crippen LogP contribution is -3.28. The lowest BCUT2D eigenvalue weighted by molar-refractivity contribution is -1.02. The van der Waals surface area contributed by atoms with Gasteiger partial charge in [-0.05, 0) is 48.4 Å². The highest BCUT2D eigenvalue weighted by atomic mass is 35.5. The zero-order valence-electron chi connectivity index (χ0n) is 17.0. The van der Waals surface area contributed by atoms with Crippen LogP contribution in [0.3, 0.4) is 0 Å². The Morgan fingerprint density at radius 1 is 1.10 bits per heavy atom. The molecule has 29 heavy (non-hydrogen) atoms. The average molecular weight is 416 g/mol. The van der Waals surface area contributed by atoms with Crippen LogP contribution in [-0.2, 0) is 17.8 Å². The Balaban J connectivity index is 1.21. The first-order valence-electron chi connectivity index (χ1n) is 10.5. The zero-order chi connectivity index (χ0) is 20.2. The van der Waals surface area contributed by atoms with Gasteiger partial charge < -0.3 is 19.9 Å². The van der Waals surface area contributed by atoms with E-state index < -0.39 is 0 Å². The van der Waals surface area contributed by atoms with E-state index >= 15 is 0 Å². The van der Waals surface area contributed by atoms with Gasteiger partial charge in [0.1, 0.15) is 38.5 Å². The van der Waals surface area contributed by atoms with Crippen molar-refractivity contribution in [2.75, 3.05) is 39.3 Å². The molecule has 1 amide bonds. The number of carbonyl (C=O) groups excluding carboxylic acids is 1. The average Bonchev–Trinajstić information content (AvgIpc) is 3.18.